The molecule has 3 rings (SSSR count). The molecule has 0 bridgehead atoms. The van der Waals surface area contributed by atoms with Crippen molar-refractivity contribution in [1.29, 1.82) is 0 Å². The number of hydrogen-bond donors (Lipinski definition) is 1. The molecule has 0 spiro atoms. The van der Waals surface area contributed by atoms with Gasteiger partial charge in [0, 0.05) is 5.02 Å². The van der Waals surface area contributed by atoms with Crippen molar-refractivity contribution in [1.82, 2.24) is 9.78 Å². The third-order valence-corrected chi connectivity index (χ3v) is 4.07. The van der Waals surface area contributed by atoms with Gasteiger partial charge in [-0.05, 0) is 30.3 Å². The summed E-state index contributed by atoms with van der Waals surface area (Å²) < 4.78 is 6.26. The molecule has 0 saturated carbocycles. The number of halogens is 2. The first-order valence-electron chi connectivity index (χ1n) is 7.50. The van der Waals surface area contributed by atoms with E-state index < -0.39 is 11.5 Å². The predicted octanol–water partition coefficient (Wildman–Crippen LogP) is 3.80. The Bertz CT molecular complexity index is 1020. The fraction of sp³-hybridized carbons (Fsp3) is 0.0556. The molecule has 0 radical (unpaired) electrons. The summed E-state index contributed by atoms with van der Waals surface area (Å²) in [4.78, 5) is 25.0. The Balaban J connectivity index is 2.04. The summed E-state index contributed by atoms with van der Waals surface area (Å²) in [5.74, 6) is -0.534. The second kappa shape index (κ2) is 7.59. The first-order chi connectivity index (χ1) is 12.5. The van der Waals surface area contributed by atoms with Crippen LogP contribution in [0.15, 0.2) is 59.4 Å². The molecule has 0 aliphatic rings. The topological polar surface area (TPSA) is 73.2 Å². The number of carbonyl (C=O) groups is 1. The Morgan fingerprint density at radius 1 is 1.12 bits per heavy atom. The molecule has 6 nitrogen and oxygen atoms in total. The van der Waals surface area contributed by atoms with Crippen LogP contribution in [-0.4, -0.2) is 22.8 Å². The van der Waals surface area contributed by atoms with E-state index in [0.717, 1.165) is 4.68 Å². The van der Waals surface area contributed by atoms with Crippen LogP contribution < -0.4 is 15.6 Å². The minimum Gasteiger partial charge on any atom is -0.494 e. The minimum absolute atomic E-state index is 0.0535. The number of methoxy groups -OCH3 is 1. The highest BCUT2D eigenvalue weighted by atomic mass is 35.5. The average molecular weight is 390 g/mol. The summed E-state index contributed by atoms with van der Waals surface area (Å²) in [7, 11) is 1.35. The van der Waals surface area contributed by atoms with Crippen molar-refractivity contribution >= 4 is 34.8 Å². The molecule has 0 saturated heterocycles. The van der Waals surface area contributed by atoms with Crippen molar-refractivity contribution in [2.24, 2.45) is 0 Å². The Kier molecular flexibility index (Phi) is 5.25. The number of ether oxygens (including phenoxy) is 1. The third kappa shape index (κ3) is 3.71. The summed E-state index contributed by atoms with van der Waals surface area (Å²) in [6.07, 6.45) is 0. The van der Waals surface area contributed by atoms with E-state index >= 15 is 0 Å². The molecule has 0 unspecified atom stereocenters. The summed E-state index contributed by atoms with van der Waals surface area (Å²) in [6, 6.07) is 14.6. The summed E-state index contributed by atoms with van der Waals surface area (Å²) >= 11 is 12.0. The van der Waals surface area contributed by atoms with Crippen molar-refractivity contribution in [3.05, 3.63) is 80.7 Å². The van der Waals surface area contributed by atoms with Gasteiger partial charge in [-0.3, -0.25) is 9.59 Å². The van der Waals surface area contributed by atoms with Gasteiger partial charge in [0.2, 0.25) is 0 Å². The molecular weight excluding hydrogens is 377 g/mol. The molecule has 0 aliphatic carbocycles. The summed E-state index contributed by atoms with van der Waals surface area (Å²) in [5.41, 5.74) is 0.359. The number of hydrogen-bond acceptors (Lipinski definition) is 4. The van der Waals surface area contributed by atoms with E-state index in [9.17, 15) is 9.59 Å². The number of rotatable bonds is 4. The quantitative estimate of drug-likeness (QED) is 0.736. The molecule has 8 heteroatoms. The van der Waals surface area contributed by atoms with E-state index in [1.807, 2.05) is 6.07 Å². The maximum atomic E-state index is 12.7. The molecule has 132 valence electrons. The van der Waals surface area contributed by atoms with E-state index in [1.54, 1.807) is 36.4 Å². The first-order valence-corrected chi connectivity index (χ1v) is 8.25. The number of benzene rings is 2. The summed E-state index contributed by atoms with van der Waals surface area (Å²) in [5, 5.41) is 7.51. The number of amides is 1. The lowest BCUT2D eigenvalue weighted by atomic mass is 10.2. The zero-order valence-corrected chi connectivity index (χ0v) is 15.1. The van der Waals surface area contributed by atoms with Crippen LogP contribution in [0.25, 0.3) is 5.69 Å². The van der Waals surface area contributed by atoms with Crippen LogP contribution in [0.3, 0.4) is 0 Å². The molecule has 1 heterocycles. The molecule has 0 aliphatic heterocycles. The Labute approximate surface area is 158 Å². The zero-order valence-electron chi connectivity index (χ0n) is 13.6. The first kappa shape index (κ1) is 18.0. The molecular formula is C18H13Cl2N3O3. The lowest BCUT2D eigenvalue weighted by molar-refractivity contribution is 0.101. The largest absolute Gasteiger partial charge is 0.494 e. The van der Waals surface area contributed by atoms with Crippen molar-refractivity contribution in [3.8, 4) is 11.4 Å². The molecule has 1 aromatic heterocycles. The standard InChI is InChI=1S/C18H13Cl2N3O3/c1-26-15-10-16(24)23(12-5-3-2-4-6-12)22-17(15)18(25)21-14-9-11(19)7-8-13(14)20/h2-10H,1H3,(H,21,25). The number of nitrogens with one attached hydrogen (secondary N) is 1. The molecule has 26 heavy (non-hydrogen) atoms. The van der Waals surface area contributed by atoms with E-state index in [-0.39, 0.29) is 11.4 Å². The van der Waals surface area contributed by atoms with Crippen LogP contribution >= 0.6 is 23.2 Å². The molecule has 1 N–H and O–H groups in total. The van der Waals surface area contributed by atoms with Gasteiger partial charge in [-0.15, -0.1) is 0 Å². The normalized spacial score (nSPS) is 10.4. The highest BCUT2D eigenvalue weighted by Gasteiger charge is 2.19. The minimum atomic E-state index is -0.587. The van der Waals surface area contributed by atoms with Gasteiger partial charge in [-0.25, -0.2) is 0 Å². The smallest absolute Gasteiger partial charge is 0.280 e. The van der Waals surface area contributed by atoms with Gasteiger partial charge < -0.3 is 10.1 Å². The molecule has 3 aromatic rings. The van der Waals surface area contributed by atoms with Crippen molar-refractivity contribution in [2.75, 3.05) is 12.4 Å². The fourth-order valence-corrected chi connectivity index (χ4v) is 2.62. The van der Waals surface area contributed by atoms with E-state index in [1.165, 1.54) is 19.2 Å². The summed E-state index contributed by atoms with van der Waals surface area (Å²) in [6.45, 7) is 0. The second-order valence-corrected chi connectivity index (χ2v) is 6.07. The number of para-hydroxylation sites is 1. The lowest BCUT2D eigenvalue weighted by Crippen LogP contribution is -2.26. The Hall–Kier alpha value is -2.83. The van der Waals surface area contributed by atoms with Crippen LogP contribution in [0.4, 0.5) is 5.69 Å². The second-order valence-electron chi connectivity index (χ2n) is 5.23. The lowest BCUT2D eigenvalue weighted by Gasteiger charge is -2.12. The molecule has 2 aromatic carbocycles. The predicted molar refractivity (Wildman–Crippen MR) is 101 cm³/mol. The van der Waals surface area contributed by atoms with Crippen LogP contribution in [-0.2, 0) is 0 Å². The highest BCUT2D eigenvalue weighted by molar-refractivity contribution is 6.35. The van der Waals surface area contributed by atoms with Gasteiger partial charge >= 0.3 is 0 Å². The monoisotopic (exact) mass is 389 g/mol. The van der Waals surface area contributed by atoms with Crippen molar-refractivity contribution in [3.63, 3.8) is 0 Å². The van der Waals surface area contributed by atoms with Crippen molar-refractivity contribution < 1.29 is 9.53 Å². The van der Waals surface area contributed by atoms with Gasteiger partial charge in [0.25, 0.3) is 11.5 Å². The average Bonchev–Trinajstić information content (AvgIpc) is 2.65. The molecule has 0 atom stereocenters. The van der Waals surface area contributed by atoms with Crippen LogP contribution in [0, 0.1) is 0 Å². The van der Waals surface area contributed by atoms with Gasteiger partial charge in [0.05, 0.1) is 29.6 Å². The number of anilines is 1. The molecule has 1 amide bonds. The number of carbonyl (C=O) groups excluding carboxylic acids is 1. The maximum absolute atomic E-state index is 12.7. The van der Waals surface area contributed by atoms with Crippen LogP contribution in [0.2, 0.25) is 10.0 Å². The highest BCUT2D eigenvalue weighted by Crippen LogP contribution is 2.26. The van der Waals surface area contributed by atoms with E-state index in [4.69, 9.17) is 27.9 Å². The van der Waals surface area contributed by atoms with Gasteiger partial charge in [0.1, 0.15) is 0 Å². The molecule has 0 fully saturated rings. The van der Waals surface area contributed by atoms with Crippen molar-refractivity contribution in [2.45, 2.75) is 0 Å². The third-order valence-electron chi connectivity index (χ3n) is 3.51. The maximum Gasteiger partial charge on any atom is 0.280 e. The van der Waals surface area contributed by atoms with Crippen LogP contribution in [0.5, 0.6) is 5.75 Å². The van der Waals surface area contributed by atoms with Gasteiger partial charge in [-0.2, -0.15) is 9.78 Å². The van der Waals surface area contributed by atoms with E-state index in [0.29, 0.717) is 21.4 Å². The van der Waals surface area contributed by atoms with E-state index in [2.05, 4.69) is 10.4 Å². The van der Waals surface area contributed by atoms with Gasteiger partial charge in [-0.1, -0.05) is 41.4 Å². The Morgan fingerprint density at radius 2 is 1.85 bits per heavy atom. The Morgan fingerprint density at radius 3 is 2.54 bits per heavy atom. The van der Waals surface area contributed by atoms with Crippen LogP contribution in [0.1, 0.15) is 10.5 Å². The number of aromatic nitrogens is 2. The zero-order chi connectivity index (χ0) is 18.7. The van der Waals surface area contributed by atoms with Gasteiger partial charge in [0.15, 0.2) is 11.4 Å². The SMILES string of the molecule is COc1cc(=O)n(-c2ccccc2)nc1C(=O)Nc1cc(Cl)ccc1Cl. The fourth-order valence-electron chi connectivity index (χ4n) is 2.28. The number of nitrogens with zero attached hydrogens (tertiary/aromatic N) is 2.